The normalized spacial score (nSPS) is 20.4. The zero-order valence-electron chi connectivity index (χ0n) is 21.5. The third-order valence-electron chi connectivity index (χ3n) is 7.89. The van der Waals surface area contributed by atoms with Crippen LogP contribution in [0.3, 0.4) is 0 Å². The van der Waals surface area contributed by atoms with Gasteiger partial charge in [-0.25, -0.2) is 0 Å². The minimum Gasteiger partial charge on any atom is -0.469 e. The summed E-state index contributed by atoms with van der Waals surface area (Å²) < 4.78 is 4.92. The number of rotatable bonds is 7. The smallest absolute Gasteiger partial charge is 0.308 e. The first-order chi connectivity index (χ1) is 17.4. The number of carbonyl (C=O) groups is 2. The molecular weight excluding hydrogens is 454 g/mol. The van der Waals surface area contributed by atoms with Crippen molar-refractivity contribution in [2.45, 2.75) is 44.9 Å². The van der Waals surface area contributed by atoms with E-state index in [1.54, 1.807) is 4.90 Å². The number of methoxy groups -OCH3 is 1. The quantitative estimate of drug-likeness (QED) is 0.265. The number of carbonyl (C=O) groups excluding carboxylic acids is 2. The lowest BCUT2D eigenvalue weighted by atomic mass is 9.80. The molecule has 1 N–H and O–H groups in total. The average Bonchev–Trinajstić information content (AvgIpc) is 2.91. The van der Waals surface area contributed by atoms with Crippen LogP contribution in [0.5, 0.6) is 0 Å². The van der Waals surface area contributed by atoms with E-state index in [-0.39, 0.29) is 29.6 Å². The van der Waals surface area contributed by atoms with Crippen LogP contribution >= 0.6 is 0 Å². The highest BCUT2D eigenvalue weighted by Gasteiger charge is 2.30. The lowest BCUT2D eigenvalue weighted by Gasteiger charge is -2.33. The van der Waals surface area contributed by atoms with Gasteiger partial charge in [0.1, 0.15) is 0 Å². The number of likely N-dealkylation sites (tertiary alicyclic amines) is 1. The Morgan fingerprint density at radius 2 is 1.78 bits per heavy atom. The van der Waals surface area contributed by atoms with Crippen LogP contribution in [0, 0.1) is 18.8 Å². The van der Waals surface area contributed by atoms with Crippen LogP contribution < -0.4 is 4.90 Å². The van der Waals surface area contributed by atoms with Gasteiger partial charge in [0.15, 0.2) is 0 Å². The van der Waals surface area contributed by atoms with E-state index in [4.69, 9.17) is 4.74 Å². The van der Waals surface area contributed by atoms with Gasteiger partial charge in [0.25, 0.3) is 0 Å². The van der Waals surface area contributed by atoms with E-state index >= 15 is 0 Å². The van der Waals surface area contributed by atoms with E-state index in [0.717, 1.165) is 37.3 Å². The summed E-state index contributed by atoms with van der Waals surface area (Å²) >= 11 is 0. The van der Waals surface area contributed by atoms with Crippen LogP contribution in [-0.4, -0.2) is 61.5 Å². The summed E-state index contributed by atoms with van der Waals surface area (Å²) in [6, 6.07) is 17.0. The first kappa shape index (κ1) is 25.7. The SMILES string of the molecule is COC(=O)C1CCN(c2ccc([C@@H](C/C(=N\O)C3CCC(=O)N(C)C3)c3ccccc3C)cc2)CC1. The number of ether oxygens (including phenoxy) is 1. The van der Waals surface area contributed by atoms with Gasteiger partial charge in [0.2, 0.25) is 5.91 Å². The number of nitrogens with zero attached hydrogens (tertiary/aromatic N) is 3. The molecule has 0 radical (unpaired) electrons. The molecule has 7 heteroatoms. The Morgan fingerprint density at radius 3 is 2.39 bits per heavy atom. The lowest BCUT2D eigenvalue weighted by molar-refractivity contribution is -0.146. The van der Waals surface area contributed by atoms with E-state index in [0.29, 0.717) is 25.8 Å². The van der Waals surface area contributed by atoms with Crippen LogP contribution in [0.15, 0.2) is 53.7 Å². The monoisotopic (exact) mass is 491 g/mol. The van der Waals surface area contributed by atoms with E-state index < -0.39 is 0 Å². The van der Waals surface area contributed by atoms with E-state index in [2.05, 4.69) is 59.4 Å². The Hall–Kier alpha value is -3.35. The van der Waals surface area contributed by atoms with Crippen LogP contribution in [0.25, 0.3) is 0 Å². The van der Waals surface area contributed by atoms with Gasteiger partial charge in [-0.15, -0.1) is 0 Å². The second kappa shape index (κ2) is 11.6. The summed E-state index contributed by atoms with van der Waals surface area (Å²) in [6.07, 6.45) is 3.39. The molecule has 0 bridgehead atoms. The van der Waals surface area contributed by atoms with Crippen molar-refractivity contribution in [3.05, 3.63) is 65.2 Å². The third-order valence-corrected chi connectivity index (χ3v) is 7.89. The fourth-order valence-electron chi connectivity index (χ4n) is 5.63. The van der Waals surface area contributed by atoms with Gasteiger partial charge < -0.3 is 19.7 Å². The molecule has 2 heterocycles. The topological polar surface area (TPSA) is 82.4 Å². The fraction of sp³-hybridized carbons (Fsp3) is 0.483. The van der Waals surface area contributed by atoms with Gasteiger partial charge in [0, 0.05) is 57.0 Å². The Kier molecular flexibility index (Phi) is 8.28. The maximum absolute atomic E-state index is 12.0. The molecule has 2 fully saturated rings. The summed E-state index contributed by atoms with van der Waals surface area (Å²) in [6.45, 7) is 4.36. The molecule has 0 saturated carbocycles. The Morgan fingerprint density at radius 1 is 1.08 bits per heavy atom. The highest BCUT2D eigenvalue weighted by atomic mass is 16.5. The van der Waals surface area contributed by atoms with Crippen LogP contribution in [0.2, 0.25) is 0 Å². The average molecular weight is 492 g/mol. The zero-order chi connectivity index (χ0) is 25.7. The van der Waals surface area contributed by atoms with Crippen molar-refractivity contribution >= 4 is 23.3 Å². The number of amides is 1. The second-order valence-corrected chi connectivity index (χ2v) is 10.1. The van der Waals surface area contributed by atoms with E-state index in [9.17, 15) is 14.8 Å². The molecule has 36 heavy (non-hydrogen) atoms. The van der Waals surface area contributed by atoms with Crippen LogP contribution in [-0.2, 0) is 14.3 Å². The number of hydrogen-bond donors (Lipinski definition) is 1. The first-order valence-electron chi connectivity index (χ1n) is 12.8. The van der Waals surface area contributed by atoms with Gasteiger partial charge in [0.05, 0.1) is 18.7 Å². The summed E-state index contributed by atoms with van der Waals surface area (Å²) in [5.41, 5.74) is 5.47. The third kappa shape index (κ3) is 5.72. The minimum absolute atomic E-state index is 0.0127. The Balaban J connectivity index is 1.54. The molecular formula is C29H37N3O4. The molecule has 7 nitrogen and oxygen atoms in total. The standard InChI is InChI=1S/C29H37N3O4/c1-20-6-4-5-7-25(20)26(18-27(30-35)23-10-13-28(33)31(2)19-23)21-8-11-24(12-9-21)32-16-14-22(15-17-32)29(34)36-3/h4-9,11-12,22-23,26,35H,10,13-19H2,1-3H3/b30-27+/t23?,26-/m1/s1. The van der Waals surface area contributed by atoms with Gasteiger partial charge in [-0.3, -0.25) is 9.59 Å². The molecule has 2 aromatic carbocycles. The number of esters is 1. The molecule has 2 saturated heterocycles. The summed E-state index contributed by atoms with van der Waals surface area (Å²) in [5, 5.41) is 13.7. The number of benzene rings is 2. The summed E-state index contributed by atoms with van der Waals surface area (Å²) in [4.78, 5) is 27.9. The molecule has 2 aliphatic rings. The highest BCUT2D eigenvalue weighted by Crippen LogP contribution is 2.35. The predicted octanol–water partition coefficient (Wildman–Crippen LogP) is 4.61. The first-order valence-corrected chi connectivity index (χ1v) is 12.8. The minimum atomic E-state index is -0.110. The van der Waals surface area contributed by atoms with Crippen LogP contribution in [0.4, 0.5) is 5.69 Å². The van der Waals surface area contributed by atoms with Crippen LogP contribution in [0.1, 0.15) is 54.7 Å². The van der Waals surface area contributed by atoms with Crippen molar-refractivity contribution in [1.82, 2.24) is 4.90 Å². The maximum atomic E-state index is 12.0. The lowest BCUT2D eigenvalue weighted by Crippen LogP contribution is -2.40. The number of aryl methyl sites for hydroxylation is 1. The highest BCUT2D eigenvalue weighted by molar-refractivity contribution is 5.90. The maximum Gasteiger partial charge on any atom is 0.308 e. The van der Waals surface area contributed by atoms with Crippen molar-refractivity contribution < 1.29 is 19.5 Å². The van der Waals surface area contributed by atoms with Gasteiger partial charge >= 0.3 is 5.97 Å². The summed E-state index contributed by atoms with van der Waals surface area (Å²) in [5.74, 6) is 0.117. The molecule has 0 spiro atoms. The molecule has 1 amide bonds. The van der Waals surface area contributed by atoms with Gasteiger partial charge in [-0.1, -0.05) is 41.6 Å². The molecule has 2 aromatic rings. The second-order valence-electron chi connectivity index (χ2n) is 10.1. The van der Waals surface area contributed by atoms with E-state index in [1.807, 2.05) is 13.1 Å². The van der Waals surface area contributed by atoms with Crippen molar-refractivity contribution in [1.29, 1.82) is 0 Å². The molecule has 1 unspecified atom stereocenters. The number of hydrogen-bond acceptors (Lipinski definition) is 6. The Bertz CT molecular complexity index is 1090. The Labute approximate surface area is 213 Å². The van der Waals surface area contributed by atoms with Crippen molar-refractivity contribution in [3.8, 4) is 0 Å². The molecule has 4 rings (SSSR count). The summed E-state index contributed by atoms with van der Waals surface area (Å²) in [7, 11) is 3.27. The van der Waals surface area contributed by atoms with E-state index in [1.165, 1.54) is 23.8 Å². The largest absolute Gasteiger partial charge is 0.469 e. The molecule has 2 atom stereocenters. The predicted molar refractivity (Wildman–Crippen MR) is 141 cm³/mol. The molecule has 0 aromatic heterocycles. The number of oxime groups is 1. The van der Waals surface area contributed by atoms with Crippen molar-refractivity contribution in [3.63, 3.8) is 0 Å². The number of anilines is 1. The fourth-order valence-corrected chi connectivity index (χ4v) is 5.63. The number of piperidine rings is 2. The molecule has 192 valence electrons. The zero-order valence-corrected chi connectivity index (χ0v) is 21.5. The van der Waals surface area contributed by atoms with Gasteiger partial charge in [-0.2, -0.15) is 0 Å². The molecule has 2 aliphatic heterocycles. The molecule has 0 aliphatic carbocycles. The van der Waals surface area contributed by atoms with Crippen molar-refractivity contribution in [2.75, 3.05) is 38.7 Å². The van der Waals surface area contributed by atoms with Gasteiger partial charge in [-0.05, 0) is 55.0 Å². The van der Waals surface area contributed by atoms with Crippen molar-refractivity contribution in [2.24, 2.45) is 17.0 Å².